The van der Waals surface area contributed by atoms with Crippen LogP contribution < -0.4 is 4.90 Å². The maximum Gasteiger partial charge on any atom is 0.416 e. The van der Waals surface area contributed by atoms with E-state index in [4.69, 9.17) is 0 Å². The van der Waals surface area contributed by atoms with Crippen molar-refractivity contribution in [2.45, 2.75) is 83.2 Å². The van der Waals surface area contributed by atoms with E-state index in [-0.39, 0.29) is 42.2 Å². The summed E-state index contributed by atoms with van der Waals surface area (Å²) in [5.74, 6) is -0.956. The number of fused-ring (bicyclic) bond motifs is 3. The molecule has 7 nitrogen and oxygen atoms in total. The van der Waals surface area contributed by atoms with Gasteiger partial charge in [-0.25, -0.2) is 0 Å². The summed E-state index contributed by atoms with van der Waals surface area (Å²) in [5, 5.41) is 9.84. The highest BCUT2D eigenvalue weighted by molar-refractivity contribution is 6.11. The largest absolute Gasteiger partial charge is 0.416 e. The van der Waals surface area contributed by atoms with Gasteiger partial charge in [-0.05, 0) is 98.8 Å². The first-order valence-corrected chi connectivity index (χ1v) is 15.9. The van der Waals surface area contributed by atoms with E-state index in [0.29, 0.717) is 23.6 Å². The van der Waals surface area contributed by atoms with Crippen molar-refractivity contribution in [2.75, 3.05) is 44.8 Å². The van der Waals surface area contributed by atoms with Crippen LogP contribution in [0.1, 0.15) is 95.7 Å². The van der Waals surface area contributed by atoms with Gasteiger partial charge in [-0.15, -0.1) is 0 Å². The van der Waals surface area contributed by atoms with Gasteiger partial charge in [0.15, 0.2) is 0 Å². The quantitative estimate of drug-likeness (QED) is 0.452. The molecule has 44 heavy (non-hydrogen) atoms. The summed E-state index contributed by atoms with van der Waals surface area (Å²) in [4.78, 5) is 34.5. The van der Waals surface area contributed by atoms with Crippen molar-refractivity contribution in [3.8, 4) is 0 Å². The predicted molar refractivity (Wildman–Crippen MR) is 163 cm³/mol. The molecule has 6 rings (SSSR count). The van der Waals surface area contributed by atoms with Crippen molar-refractivity contribution in [2.24, 2.45) is 5.41 Å². The highest BCUT2D eigenvalue weighted by atomic mass is 19.4. The van der Waals surface area contributed by atoms with Crippen LogP contribution in [0.15, 0.2) is 36.4 Å². The molecule has 10 heteroatoms. The molecule has 0 aliphatic carbocycles. The zero-order chi connectivity index (χ0) is 31.4. The normalized spacial score (nSPS) is 28.2. The lowest BCUT2D eigenvalue weighted by Crippen LogP contribution is -2.42. The van der Waals surface area contributed by atoms with Crippen molar-refractivity contribution >= 4 is 17.5 Å². The van der Waals surface area contributed by atoms with Gasteiger partial charge in [-0.3, -0.25) is 19.4 Å². The number of hydrogen-bond donors (Lipinski definition) is 1. The highest BCUT2D eigenvalue weighted by Gasteiger charge is 2.43. The Bertz CT molecular complexity index is 1430. The van der Waals surface area contributed by atoms with E-state index >= 15 is 0 Å². The number of aliphatic hydroxyl groups excluding tert-OH is 1. The fraction of sp³-hybridized carbons (Fsp3) is 0.588. The van der Waals surface area contributed by atoms with Crippen LogP contribution in [0.4, 0.5) is 18.9 Å². The maximum atomic E-state index is 14.3. The molecule has 3 unspecified atom stereocenters. The molecule has 2 aromatic carbocycles. The molecule has 1 N–H and O–H groups in total. The van der Waals surface area contributed by atoms with Crippen molar-refractivity contribution in [3.05, 3.63) is 64.2 Å². The standard InChI is InChI=1S/C34H43F3N4O3/c1-4-33-10-6-11-39(20-33)21-38(3)26(17-33)13-22(2)23-7-5-8-25(14-23)41-19-29-28(32(41)44)15-24(16-30(29)34(35,36)37)31(43)40-12-9-27(42)18-40/h5,7-8,14-16,22,26-27,42H,4,6,9-13,17-21H2,1-3H3/t22-,26?,27+,33?/m1/s1. The van der Waals surface area contributed by atoms with E-state index in [1.807, 2.05) is 18.2 Å². The lowest BCUT2D eigenvalue weighted by atomic mass is 9.72. The van der Waals surface area contributed by atoms with Gasteiger partial charge in [0, 0.05) is 42.5 Å². The number of nitrogens with zero attached hydrogens (tertiary/aromatic N) is 4. The molecule has 5 atom stereocenters. The minimum atomic E-state index is -4.73. The minimum Gasteiger partial charge on any atom is -0.391 e. The Labute approximate surface area is 257 Å². The lowest BCUT2D eigenvalue weighted by molar-refractivity contribution is -0.138. The number of halogens is 3. The minimum absolute atomic E-state index is 0.0661. The van der Waals surface area contributed by atoms with E-state index in [9.17, 15) is 27.9 Å². The molecule has 2 bridgehead atoms. The molecule has 4 aliphatic rings. The van der Waals surface area contributed by atoms with Crippen LogP contribution in [-0.4, -0.2) is 83.7 Å². The summed E-state index contributed by atoms with van der Waals surface area (Å²) in [5.41, 5.74) is 0.616. The number of likely N-dealkylation sites (tertiary alicyclic amines) is 1. The first-order valence-electron chi connectivity index (χ1n) is 15.9. The first-order chi connectivity index (χ1) is 20.9. The second-order valence-corrected chi connectivity index (χ2v) is 13.6. The molecular weight excluding hydrogens is 569 g/mol. The van der Waals surface area contributed by atoms with Crippen LogP contribution in [0, 0.1) is 5.41 Å². The molecule has 4 heterocycles. The molecular formula is C34H43F3N4O3. The van der Waals surface area contributed by atoms with Gasteiger partial charge in [-0.1, -0.05) is 26.0 Å². The van der Waals surface area contributed by atoms with Crippen LogP contribution >= 0.6 is 0 Å². The summed E-state index contributed by atoms with van der Waals surface area (Å²) in [6.07, 6.45) is 0.728. The highest BCUT2D eigenvalue weighted by Crippen LogP contribution is 2.43. The SMILES string of the molecule is CCC12CCCN(CN(C)C(C[C@@H](C)c3cccc(N4Cc5c(cc(C(=O)N6CC[C@H](O)C6)cc5C(F)(F)F)C4=O)c3)C1)C2. The third-order valence-electron chi connectivity index (χ3n) is 10.6. The van der Waals surface area contributed by atoms with E-state index < -0.39 is 29.7 Å². The predicted octanol–water partition coefficient (Wildman–Crippen LogP) is 5.72. The Balaban J connectivity index is 1.24. The van der Waals surface area contributed by atoms with Gasteiger partial charge in [0.05, 0.1) is 24.9 Å². The maximum absolute atomic E-state index is 14.3. The molecule has 4 aliphatic heterocycles. The number of β-amino-alcohol motifs (C(OH)–C–C–N with tert-alkyl or cyclic N) is 1. The summed E-state index contributed by atoms with van der Waals surface area (Å²) in [6, 6.07) is 10.2. The third kappa shape index (κ3) is 5.88. The Kier molecular flexibility index (Phi) is 8.30. The Hall–Kier alpha value is -2.95. The number of benzene rings is 2. The van der Waals surface area contributed by atoms with E-state index in [1.165, 1.54) is 35.1 Å². The Morgan fingerprint density at radius 1 is 1.18 bits per heavy atom. The van der Waals surface area contributed by atoms with Gasteiger partial charge in [-0.2, -0.15) is 13.2 Å². The molecule has 0 spiro atoms. The lowest BCUT2D eigenvalue weighted by Gasteiger charge is -2.40. The van der Waals surface area contributed by atoms with Gasteiger partial charge in [0.2, 0.25) is 0 Å². The number of aliphatic hydroxyl groups is 1. The van der Waals surface area contributed by atoms with Gasteiger partial charge in [0.25, 0.3) is 11.8 Å². The zero-order valence-corrected chi connectivity index (χ0v) is 25.9. The molecule has 238 valence electrons. The molecule has 3 saturated heterocycles. The first kappa shape index (κ1) is 31.0. The van der Waals surface area contributed by atoms with Crippen molar-refractivity contribution < 1.29 is 27.9 Å². The van der Waals surface area contributed by atoms with Crippen molar-refractivity contribution in [1.29, 1.82) is 0 Å². The second-order valence-electron chi connectivity index (χ2n) is 13.6. The summed E-state index contributed by atoms with van der Waals surface area (Å²) < 4.78 is 42.8. The summed E-state index contributed by atoms with van der Waals surface area (Å²) in [7, 11) is 2.21. The second kappa shape index (κ2) is 11.8. The van der Waals surface area contributed by atoms with Crippen LogP contribution in [0.25, 0.3) is 0 Å². The van der Waals surface area contributed by atoms with Crippen molar-refractivity contribution in [1.82, 2.24) is 14.7 Å². The number of hydrogen-bond acceptors (Lipinski definition) is 5. The Morgan fingerprint density at radius 3 is 2.68 bits per heavy atom. The van der Waals surface area contributed by atoms with E-state index in [1.54, 1.807) is 6.07 Å². The molecule has 2 amide bonds. The summed E-state index contributed by atoms with van der Waals surface area (Å²) in [6.45, 7) is 7.88. The molecule has 2 aromatic rings. The number of anilines is 1. The van der Waals surface area contributed by atoms with Crippen LogP contribution in [0.5, 0.6) is 0 Å². The average Bonchev–Trinajstić information content (AvgIpc) is 3.56. The fourth-order valence-electron chi connectivity index (χ4n) is 8.03. The van der Waals surface area contributed by atoms with Crippen LogP contribution in [-0.2, 0) is 12.7 Å². The molecule has 0 saturated carbocycles. The molecule has 0 aromatic heterocycles. The summed E-state index contributed by atoms with van der Waals surface area (Å²) >= 11 is 0. The van der Waals surface area contributed by atoms with E-state index in [0.717, 1.165) is 44.2 Å². The molecule has 0 radical (unpaired) electrons. The number of amides is 2. The monoisotopic (exact) mass is 612 g/mol. The Morgan fingerprint density at radius 2 is 1.98 bits per heavy atom. The van der Waals surface area contributed by atoms with Crippen LogP contribution in [0.2, 0.25) is 0 Å². The topological polar surface area (TPSA) is 67.3 Å². The third-order valence-corrected chi connectivity index (χ3v) is 10.6. The fourth-order valence-corrected chi connectivity index (χ4v) is 8.03. The smallest absolute Gasteiger partial charge is 0.391 e. The van der Waals surface area contributed by atoms with Gasteiger partial charge >= 0.3 is 6.18 Å². The number of alkyl halides is 3. The average molecular weight is 613 g/mol. The number of rotatable bonds is 6. The van der Waals surface area contributed by atoms with Crippen LogP contribution in [0.3, 0.4) is 0 Å². The zero-order valence-electron chi connectivity index (χ0n) is 25.9. The number of piperidine rings is 1. The number of carbonyl (C=O) groups excluding carboxylic acids is 2. The van der Waals surface area contributed by atoms with Crippen molar-refractivity contribution in [3.63, 3.8) is 0 Å². The van der Waals surface area contributed by atoms with E-state index in [2.05, 4.69) is 30.7 Å². The number of carbonyl (C=O) groups is 2. The van der Waals surface area contributed by atoms with Gasteiger partial charge < -0.3 is 14.9 Å². The van der Waals surface area contributed by atoms with Gasteiger partial charge in [0.1, 0.15) is 0 Å². The molecule has 3 fully saturated rings.